The Labute approximate surface area is 192 Å². The molecule has 0 bridgehead atoms. The summed E-state index contributed by atoms with van der Waals surface area (Å²) in [5, 5.41) is 1.05. The SMILES string of the molecule is O=c1oc2c3c(ccc2c2c1CCCC2)OCN(c1ccc(OCc2ccccc2)cc1)C3. The lowest BCUT2D eigenvalue weighted by molar-refractivity contribution is 0.288. The first kappa shape index (κ1) is 19.9. The van der Waals surface area contributed by atoms with E-state index in [1.54, 1.807) is 0 Å². The third-order valence-corrected chi connectivity index (χ3v) is 6.63. The number of nitrogens with zero attached hydrogens (tertiary/aromatic N) is 1. The lowest BCUT2D eigenvalue weighted by Gasteiger charge is -2.31. The van der Waals surface area contributed by atoms with Crippen LogP contribution in [0.15, 0.2) is 75.9 Å². The van der Waals surface area contributed by atoms with Gasteiger partial charge in [-0.05, 0) is 73.2 Å². The molecule has 0 amide bonds. The predicted octanol–water partition coefficient (Wildman–Crippen LogP) is 5.61. The lowest BCUT2D eigenvalue weighted by Crippen LogP contribution is -2.32. The molecule has 1 aliphatic heterocycles. The second kappa shape index (κ2) is 8.32. The monoisotopic (exact) mass is 439 g/mol. The van der Waals surface area contributed by atoms with Gasteiger partial charge in [0, 0.05) is 16.6 Å². The molecule has 0 saturated heterocycles. The minimum Gasteiger partial charge on any atom is -0.489 e. The molecule has 4 aromatic rings. The summed E-state index contributed by atoms with van der Waals surface area (Å²) >= 11 is 0. The van der Waals surface area contributed by atoms with Crippen molar-refractivity contribution in [2.24, 2.45) is 0 Å². The molecule has 1 aromatic heterocycles. The fourth-order valence-electron chi connectivity index (χ4n) is 4.87. The second-order valence-electron chi connectivity index (χ2n) is 8.71. The fraction of sp³-hybridized carbons (Fsp3) is 0.250. The molecule has 0 N–H and O–H groups in total. The van der Waals surface area contributed by atoms with Gasteiger partial charge in [0.2, 0.25) is 0 Å². The molecular formula is C28H25NO4. The topological polar surface area (TPSA) is 51.9 Å². The minimum atomic E-state index is -0.192. The summed E-state index contributed by atoms with van der Waals surface area (Å²) in [6.45, 7) is 1.60. The van der Waals surface area contributed by atoms with Crippen LogP contribution in [0, 0.1) is 0 Å². The van der Waals surface area contributed by atoms with Gasteiger partial charge in [-0.25, -0.2) is 4.79 Å². The van der Waals surface area contributed by atoms with Crippen molar-refractivity contribution in [2.45, 2.75) is 38.8 Å². The summed E-state index contributed by atoms with van der Waals surface area (Å²) in [5.41, 5.74) is 5.60. The van der Waals surface area contributed by atoms with Crippen LogP contribution < -0.4 is 20.0 Å². The summed E-state index contributed by atoms with van der Waals surface area (Å²) in [6, 6.07) is 22.2. The number of rotatable bonds is 4. The van der Waals surface area contributed by atoms with Crippen molar-refractivity contribution in [2.75, 3.05) is 11.6 Å². The quantitative estimate of drug-likeness (QED) is 0.387. The molecule has 5 nitrogen and oxygen atoms in total. The highest BCUT2D eigenvalue weighted by molar-refractivity contribution is 5.86. The molecule has 1 aliphatic carbocycles. The first-order valence-electron chi connectivity index (χ1n) is 11.5. The van der Waals surface area contributed by atoms with E-state index >= 15 is 0 Å². The first-order valence-corrected chi connectivity index (χ1v) is 11.5. The molecule has 0 unspecified atom stereocenters. The van der Waals surface area contributed by atoms with Crippen LogP contribution in [0.2, 0.25) is 0 Å². The molecule has 0 spiro atoms. The largest absolute Gasteiger partial charge is 0.489 e. The number of anilines is 1. The van der Waals surface area contributed by atoms with Gasteiger partial charge in [0.1, 0.15) is 23.7 Å². The second-order valence-corrected chi connectivity index (χ2v) is 8.71. The first-order chi connectivity index (χ1) is 16.3. The van der Waals surface area contributed by atoms with Crippen LogP contribution in [0.4, 0.5) is 5.69 Å². The average molecular weight is 440 g/mol. The van der Waals surface area contributed by atoms with Crippen molar-refractivity contribution in [3.05, 3.63) is 99.4 Å². The van der Waals surface area contributed by atoms with Gasteiger partial charge < -0.3 is 18.8 Å². The van der Waals surface area contributed by atoms with E-state index < -0.39 is 0 Å². The zero-order valence-electron chi connectivity index (χ0n) is 18.4. The van der Waals surface area contributed by atoms with Crippen LogP contribution in [0.5, 0.6) is 11.5 Å². The highest BCUT2D eigenvalue weighted by Gasteiger charge is 2.25. The van der Waals surface area contributed by atoms with E-state index in [9.17, 15) is 4.79 Å². The molecule has 0 fully saturated rings. The average Bonchev–Trinajstić information content (AvgIpc) is 2.88. The molecule has 0 atom stereocenters. The van der Waals surface area contributed by atoms with E-state index in [1.807, 2.05) is 48.5 Å². The number of hydrogen-bond acceptors (Lipinski definition) is 5. The van der Waals surface area contributed by atoms with E-state index in [0.717, 1.165) is 70.5 Å². The Morgan fingerprint density at radius 2 is 1.64 bits per heavy atom. The van der Waals surface area contributed by atoms with Crippen molar-refractivity contribution in [3.8, 4) is 11.5 Å². The maximum Gasteiger partial charge on any atom is 0.339 e. The van der Waals surface area contributed by atoms with Crippen LogP contribution in [0.25, 0.3) is 11.0 Å². The maximum atomic E-state index is 12.7. The van der Waals surface area contributed by atoms with Gasteiger partial charge in [-0.15, -0.1) is 0 Å². The summed E-state index contributed by atoms with van der Waals surface area (Å²) < 4.78 is 17.8. The molecular weight excluding hydrogens is 414 g/mol. The van der Waals surface area contributed by atoms with Gasteiger partial charge in [0.25, 0.3) is 0 Å². The molecule has 2 heterocycles. The third kappa shape index (κ3) is 3.74. The smallest absolute Gasteiger partial charge is 0.339 e. The minimum absolute atomic E-state index is 0.192. The number of benzene rings is 3. The van der Waals surface area contributed by atoms with Gasteiger partial charge in [-0.1, -0.05) is 30.3 Å². The summed E-state index contributed by atoms with van der Waals surface area (Å²) in [4.78, 5) is 14.8. The van der Waals surface area contributed by atoms with E-state index in [-0.39, 0.29) is 5.63 Å². The Kier molecular flexibility index (Phi) is 5.02. The van der Waals surface area contributed by atoms with Crippen LogP contribution in [-0.2, 0) is 26.0 Å². The zero-order valence-corrected chi connectivity index (χ0v) is 18.4. The van der Waals surface area contributed by atoms with Crippen LogP contribution in [-0.4, -0.2) is 6.73 Å². The van der Waals surface area contributed by atoms with Crippen molar-refractivity contribution < 1.29 is 13.9 Å². The van der Waals surface area contributed by atoms with Gasteiger partial charge in [0.15, 0.2) is 6.73 Å². The van der Waals surface area contributed by atoms with E-state index in [1.165, 1.54) is 0 Å². The number of fused-ring (bicyclic) bond motifs is 5. The molecule has 6 rings (SSSR count). The van der Waals surface area contributed by atoms with Gasteiger partial charge in [-0.2, -0.15) is 0 Å². The number of hydrogen-bond donors (Lipinski definition) is 0. The highest BCUT2D eigenvalue weighted by Crippen LogP contribution is 2.37. The summed E-state index contributed by atoms with van der Waals surface area (Å²) in [6.07, 6.45) is 3.91. The molecule has 3 aromatic carbocycles. The predicted molar refractivity (Wildman–Crippen MR) is 128 cm³/mol. The standard InChI is InChI=1S/C28H25NO4/c30-28-24-9-5-4-8-22(24)23-14-15-26-25(27(23)33-28)16-29(18-32-26)20-10-12-21(13-11-20)31-17-19-6-2-1-3-7-19/h1-3,6-7,10-15H,4-5,8-9,16-18H2. The molecule has 0 saturated carbocycles. The summed E-state index contributed by atoms with van der Waals surface area (Å²) in [5.74, 6) is 1.62. The van der Waals surface area contributed by atoms with Crippen molar-refractivity contribution >= 4 is 16.7 Å². The Bertz CT molecular complexity index is 1360. The molecule has 2 aliphatic rings. The Hall–Kier alpha value is -3.73. The van der Waals surface area contributed by atoms with Gasteiger partial charge >= 0.3 is 5.63 Å². The fourth-order valence-corrected chi connectivity index (χ4v) is 4.87. The number of ether oxygens (including phenoxy) is 2. The zero-order chi connectivity index (χ0) is 22.2. The Morgan fingerprint density at radius 1 is 0.848 bits per heavy atom. The molecule has 0 radical (unpaired) electrons. The highest BCUT2D eigenvalue weighted by atomic mass is 16.5. The van der Waals surface area contributed by atoms with E-state index in [4.69, 9.17) is 13.9 Å². The molecule has 5 heteroatoms. The maximum absolute atomic E-state index is 12.7. The molecule has 166 valence electrons. The normalized spacial score (nSPS) is 15.0. The van der Waals surface area contributed by atoms with Gasteiger partial charge in [-0.3, -0.25) is 0 Å². The Morgan fingerprint density at radius 3 is 2.45 bits per heavy atom. The Balaban J connectivity index is 1.26. The van der Waals surface area contributed by atoms with E-state index in [0.29, 0.717) is 25.5 Å². The molecule has 33 heavy (non-hydrogen) atoms. The van der Waals surface area contributed by atoms with Crippen LogP contribution in [0.3, 0.4) is 0 Å². The third-order valence-electron chi connectivity index (χ3n) is 6.63. The van der Waals surface area contributed by atoms with Crippen LogP contribution >= 0.6 is 0 Å². The number of aryl methyl sites for hydroxylation is 1. The van der Waals surface area contributed by atoms with Gasteiger partial charge in [0.05, 0.1) is 12.1 Å². The lowest BCUT2D eigenvalue weighted by atomic mass is 9.90. The van der Waals surface area contributed by atoms with Crippen LogP contribution in [0.1, 0.15) is 35.1 Å². The van der Waals surface area contributed by atoms with Crippen molar-refractivity contribution in [3.63, 3.8) is 0 Å². The van der Waals surface area contributed by atoms with Crippen molar-refractivity contribution in [1.29, 1.82) is 0 Å². The van der Waals surface area contributed by atoms with E-state index in [2.05, 4.69) is 23.1 Å². The summed E-state index contributed by atoms with van der Waals surface area (Å²) in [7, 11) is 0. The van der Waals surface area contributed by atoms with Crippen molar-refractivity contribution in [1.82, 2.24) is 0 Å².